The Morgan fingerprint density at radius 1 is 0.344 bits per heavy atom. The molecule has 0 heterocycles. The fourth-order valence-electron chi connectivity index (χ4n) is 6.74. The fourth-order valence-corrected chi connectivity index (χ4v) is 6.74. The van der Waals surface area contributed by atoms with Crippen LogP contribution in [-0.4, -0.2) is 37.2 Å². The Balaban J connectivity index is 4.55. The van der Waals surface area contributed by atoms with Crippen molar-refractivity contribution in [2.45, 2.75) is 226 Å². The van der Waals surface area contributed by atoms with Crippen molar-refractivity contribution in [3.63, 3.8) is 0 Å². The molecule has 0 saturated carbocycles. The van der Waals surface area contributed by atoms with Crippen molar-refractivity contribution in [3.05, 3.63) is 109 Å². The topological polar surface area (TPSA) is 78.9 Å². The highest BCUT2D eigenvalue weighted by Crippen LogP contribution is 2.14. The largest absolute Gasteiger partial charge is 0.462 e. The predicted molar refractivity (Wildman–Crippen MR) is 274 cm³/mol. The van der Waals surface area contributed by atoms with E-state index in [-0.39, 0.29) is 31.6 Å². The number of ether oxygens (including phenoxy) is 3. The van der Waals surface area contributed by atoms with Gasteiger partial charge in [0.05, 0.1) is 6.42 Å². The van der Waals surface area contributed by atoms with Gasteiger partial charge in [-0.2, -0.15) is 0 Å². The number of unbranched alkanes of at least 4 members (excludes halogenated alkanes) is 17. The number of allylic oxidation sites excluding steroid dienone is 17. The summed E-state index contributed by atoms with van der Waals surface area (Å²) in [6.45, 7) is 6.30. The second kappa shape index (κ2) is 51.7. The van der Waals surface area contributed by atoms with Crippen LogP contribution in [0, 0.1) is 0 Å². The lowest BCUT2D eigenvalue weighted by Crippen LogP contribution is -2.30. The Morgan fingerprint density at radius 3 is 1.03 bits per heavy atom. The van der Waals surface area contributed by atoms with Crippen molar-refractivity contribution in [1.29, 1.82) is 0 Å². The van der Waals surface area contributed by atoms with Gasteiger partial charge >= 0.3 is 17.9 Å². The normalized spacial score (nSPS) is 13.0. The summed E-state index contributed by atoms with van der Waals surface area (Å²) in [5, 5.41) is 0. The Morgan fingerprint density at radius 2 is 0.656 bits per heavy atom. The molecular weight excluding hydrogens is 793 g/mol. The molecule has 0 aliphatic rings. The van der Waals surface area contributed by atoms with Gasteiger partial charge in [-0.25, -0.2) is 0 Å². The Hall–Kier alpha value is -3.93. The van der Waals surface area contributed by atoms with Crippen molar-refractivity contribution >= 4 is 17.9 Å². The molecule has 0 spiro atoms. The molecule has 6 heteroatoms. The standard InChI is InChI=1S/C58H94O6/c1-4-7-10-13-16-19-22-25-28-29-31-33-36-39-42-45-48-51-57(60)63-54-55(53-62-56(59)50-47-44-41-38-35-32-27-24-21-18-15-12-9-6-3)64-58(61)52-49-46-43-40-37-34-30-26-23-20-17-14-11-8-5-2/h7-8,10-11,16-17,19-20,25-26,28,30-31,33,37,40,46,49,55H,4-6,9,12-15,18,21-24,27,29,32,34-36,38-39,41-45,47-48,50-54H2,1-3H3/b10-7-,11-8-,19-16-,20-17-,28-25-,30-26-,33-31-,40-37-,49-46-. The summed E-state index contributed by atoms with van der Waals surface area (Å²) >= 11 is 0. The van der Waals surface area contributed by atoms with Gasteiger partial charge in [-0.05, 0) is 83.5 Å². The minimum atomic E-state index is -0.842. The van der Waals surface area contributed by atoms with E-state index in [2.05, 4.69) is 118 Å². The summed E-state index contributed by atoms with van der Waals surface area (Å²) in [6.07, 6.45) is 69.5. The maximum atomic E-state index is 12.7. The average molecular weight is 887 g/mol. The fraction of sp³-hybridized carbons (Fsp3) is 0.638. The van der Waals surface area contributed by atoms with Crippen LogP contribution in [0.1, 0.15) is 220 Å². The Labute approximate surface area is 393 Å². The number of hydrogen-bond donors (Lipinski definition) is 0. The van der Waals surface area contributed by atoms with E-state index in [4.69, 9.17) is 14.2 Å². The van der Waals surface area contributed by atoms with Crippen molar-refractivity contribution in [2.75, 3.05) is 13.2 Å². The van der Waals surface area contributed by atoms with E-state index < -0.39 is 12.1 Å². The number of esters is 3. The molecule has 0 rings (SSSR count). The summed E-state index contributed by atoms with van der Waals surface area (Å²) in [5.41, 5.74) is 0. The molecule has 64 heavy (non-hydrogen) atoms. The maximum Gasteiger partial charge on any atom is 0.310 e. The van der Waals surface area contributed by atoms with Crippen LogP contribution in [0.3, 0.4) is 0 Å². The van der Waals surface area contributed by atoms with Crippen LogP contribution in [0.25, 0.3) is 0 Å². The summed E-state index contributed by atoms with van der Waals surface area (Å²) < 4.78 is 16.7. The lowest BCUT2D eigenvalue weighted by atomic mass is 10.0. The molecule has 0 bridgehead atoms. The van der Waals surface area contributed by atoms with Crippen molar-refractivity contribution in [1.82, 2.24) is 0 Å². The van der Waals surface area contributed by atoms with Crippen LogP contribution in [0.15, 0.2) is 109 Å². The summed E-state index contributed by atoms with van der Waals surface area (Å²) in [5.74, 6) is -1.08. The van der Waals surface area contributed by atoms with Crippen LogP contribution in [-0.2, 0) is 28.6 Å². The van der Waals surface area contributed by atoms with Crippen molar-refractivity contribution in [3.8, 4) is 0 Å². The maximum absolute atomic E-state index is 12.7. The molecule has 0 radical (unpaired) electrons. The zero-order valence-corrected chi connectivity index (χ0v) is 41.3. The highest BCUT2D eigenvalue weighted by Gasteiger charge is 2.19. The summed E-state index contributed by atoms with van der Waals surface area (Å²) in [6, 6.07) is 0. The minimum absolute atomic E-state index is 0.0892. The number of carbonyl (C=O) groups is 3. The molecule has 0 aliphatic heterocycles. The van der Waals surface area contributed by atoms with Crippen LogP contribution in [0.5, 0.6) is 0 Å². The molecule has 0 fully saturated rings. The van der Waals surface area contributed by atoms with Crippen LogP contribution < -0.4 is 0 Å². The SMILES string of the molecule is CC/C=C\C/C=C\C/C=C\C/C=C\C/C=C\CC(=O)OC(COC(=O)CCCCCC/C=C\C/C=C\C/C=C\C/C=C\CC)COC(=O)CCCCCCCCCCCCCCCC. The smallest absolute Gasteiger partial charge is 0.310 e. The van der Waals surface area contributed by atoms with E-state index in [1.807, 2.05) is 6.08 Å². The lowest BCUT2D eigenvalue weighted by Gasteiger charge is -2.18. The Kier molecular flexibility index (Phi) is 48.5. The van der Waals surface area contributed by atoms with Crippen LogP contribution in [0.4, 0.5) is 0 Å². The highest BCUT2D eigenvalue weighted by molar-refractivity contribution is 5.72. The molecule has 0 aromatic rings. The monoisotopic (exact) mass is 887 g/mol. The third-order valence-corrected chi connectivity index (χ3v) is 10.6. The molecule has 362 valence electrons. The van der Waals surface area contributed by atoms with Crippen molar-refractivity contribution in [2.24, 2.45) is 0 Å². The van der Waals surface area contributed by atoms with Gasteiger partial charge in [-0.3, -0.25) is 14.4 Å². The van der Waals surface area contributed by atoms with Gasteiger partial charge < -0.3 is 14.2 Å². The molecule has 0 aromatic carbocycles. The molecule has 0 saturated heterocycles. The zero-order valence-electron chi connectivity index (χ0n) is 41.3. The molecule has 6 nitrogen and oxygen atoms in total. The molecule has 1 atom stereocenters. The van der Waals surface area contributed by atoms with Crippen LogP contribution >= 0.6 is 0 Å². The first-order valence-electron chi connectivity index (χ1n) is 25.9. The highest BCUT2D eigenvalue weighted by atomic mass is 16.6. The van der Waals surface area contributed by atoms with Crippen LogP contribution in [0.2, 0.25) is 0 Å². The predicted octanol–water partition coefficient (Wildman–Crippen LogP) is 17.1. The molecule has 1 unspecified atom stereocenters. The van der Waals surface area contributed by atoms with E-state index in [1.165, 1.54) is 70.6 Å². The summed E-state index contributed by atoms with van der Waals surface area (Å²) in [7, 11) is 0. The molecule has 0 amide bonds. The van der Waals surface area contributed by atoms with Gasteiger partial charge in [0, 0.05) is 12.8 Å². The molecule has 0 aliphatic carbocycles. The van der Waals surface area contributed by atoms with Gasteiger partial charge in [-0.1, -0.05) is 226 Å². The third kappa shape index (κ3) is 49.1. The third-order valence-electron chi connectivity index (χ3n) is 10.6. The number of hydrogen-bond acceptors (Lipinski definition) is 6. The summed E-state index contributed by atoms with van der Waals surface area (Å²) in [4.78, 5) is 37.9. The second-order valence-electron chi connectivity index (χ2n) is 16.7. The second-order valence-corrected chi connectivity index (χ2v) is 16.7. The first-order valence-corrected chi connectivity index (χ1v) is 25.9. The van der Waals surface area contributed by atoms with Gasteiger partial charge in [-0.15, -0.1) is 0 Å². The molecule has 0 N–H and O–H groups in total. The van der Waals surface area contributed by atoms with Gasteiger partial charge in [0.2, 0.25) is 0 Å². The number of carbonyl (C=O) groups excluding carboxylic acids is 3. The van der Waals surface area contributed by atoms with Gasteiger partial charge in [0.15, 0.2) is 6.10 Å². The molecule has 0 aromatic heterocycles. The lowest BCUT2D eigenvalue weighted by molar-refractivity contribution is -0.166. The van der Waals surface area contributed by atoms with E-state index in [0.29, 0.717) is 19.3 Å². The first kappa shape index (κ1) is 60.1. The average Bonchev–Trinajstić information content (AvgIpc) is 3.29. The molecular formula is C58H94O6. The van der Waals surface area contributed by atoms with Gasteiger partial charge in [0.25, 0.3) is 0 Å². The van der Waals surface area contributed by atoms with E-state index >= 15 is 0 Å². The quantitative estimate of drug-likeness (QED) is 0.0262. The van der Waals surface area contributed by atoms with Gasteiger partial charge in [0.1, 0.15) is 13.2 Å². The van der Waals surface area contributed by atoms with Crippen molar-refractivity contribution < 1.29 is 28.6 Å². The van der Waals surface area contributed by atoms with E-state index in [9.17, 15) is 14.4 Å². The zero-order chi connectivity index (χ0) is 46.5. The number of rotatable bonds is 45. The van der Waals surface area contributed by atoms with E-state index in [0.717, 1.165) is 103 Å². The first-order chi connectivity index (χ1) is 31.5. The van der Waals surface area contributed by atoms with E-state index in [1.54, 1.807) is 6.08 Å². The Bertz CT molecular complexity index is 1340. The minimum Gasteiger partial charge on any atom is -0.462 e.